The first-order valence-electron chi connectivity index (χ1n) is 6.04. The molecule has 1 aliphatic heterocycles. The number of nitrogens with zero attached hydrogens (tertiary/aromatic N) is 3. The van der Waals surface area contributed by atoms with Crippen LogP contribution >= 0.6 is 0 Å². The molecule has 2 heterocycles. The van der Waals surface area contributed by atoms with Gasteiger partial charge in [0.15, 0.2) is 0 Å². The van der Waals surface area contributed by atoms with E-state index in [1.165, 1.54) is 44.3 Å². The van der Waals surface area contributed by atoms with Crippen molar-refractivity contribution in [2.45, 2.75) is 38.6 Å². The van der Waals surface area contributed by atoms with Gasteiger partial charge in [-0.15, -0.1) is 0 Å². The van der Waals surface area contributed by atoms with Gasteiger partial charge < -0.3 is 0 Å². The average molecular weight is 207 g/mol. The zero-order valence-corrected chi connectivity index (χ0v) is 9.82. The molecule has 0 radical (unpaired) electrons. The van der Waals surface area contributed by atoms with E-state index in [1.54, 1.807) is 0 Å². The van der Waals surface area contributed by atoms with E-state index in [1.807, 2.05) is 17.9 Å². The van der Waals surface area contributed by atoms with Crippen molar-refractivity contribution in [2.75, 3.05) is 13.1 Å². The summed E-state index contributed by atoms with van der Waals surface area (Å²) in [5, 5.41) is 4.27. The van der Waals surface area contributed by atoms with E-state index in [-0.39, 0.29) is 0 Å². The Balaban J connectivity index is 2.01. The van der Waals surface area contributed by atoms with Gasteiger partial charge >= 0.3 is 0 Å². The van der Waals surface area contributed by atoms with E-state index in [0.717, 1.165) is 0 Å². The number of rotatable bonds is 4. The molecule has 0 bridgehead atoms. The van der Waals surface area contributed by atoms with Crippen molar-refractivity contribution in [3.05, 3.63) is 18.0 Å². The Hall–Kier alpha value is -0.830. The van der Waals surface area contributed by atoms with Gasteiger partial charge in [0.1, 0.15) is 0 Å². The fourth-order valence-corrected chi connectivity index (χ4v) is 2.44. The van der Waals surface area contributed by atoms with Crippen LogP contribution < -0.4 is 0 Å². The van der Waals surface area contributed by atoms with Gasteiger partial charge in [-0.2, -0.15) is 5.10 Å². The Morgan fingerprint density at radius 3 is 3.07 bits per heavy atom. The second kappa shape index (κ2) is 4.79. The fraction of sp³-hybridized carbons (Fsp3) is 0.750. The summed E-state index contributed by atoms with van der Waals surface area (Å²) in [6.45, 7) is 4.77. The number of aromatic nitrogens is 2. The van der Waals surface area contributed by atoms with Gasteiger partial charge in [-0.1, -0.05) is 13.3 Å². The summed E-state index contributed by atoms with van der Waals surface area (Å²) in [5.41, 5.74) is 1.39. The number of hydrogen-bond donors (Lipinski definition) is 0. The minimum Gasteiger partial charge on any atom is -0.296 e. The normalized spacial score (nSPS) is 22.4. The van der Waals surface area contributed by atoms with Crippen molar-refractivity contribution in [1.29, 1.82) is 0 Å². The number of aryl methyl sites for hydroxylation is 1. The molecule has 3 nitrogen and oxygen atoms in total. The SMILES string of the molecule is CCCCN1CCC[C@@H]1c1cnn(C)c1. The molecular formula is C12H21N3. The molecule has 0 spiro atoms. The molecule has 0 aromatic carbocycles. The van der Waals surface area contributed by atoms with Gasteiger partial charge in [-0.3, -0.25) is 9.58 Å². The largest absolute Gasteiger partial charge is 0.296 e. The summed E-state index contributed by atoms with van der Waals surface area (Å²) in [7, 11) is 1.99. The molecule has 0 unspecified atom stereocenters. The average Bonchev–Trinajstić information content (AvgIpc) is 2.82. The molecule has 1 atom stereocenters. The molecule has 0 aliphatic carbocycles. The third-order valence-electron chi connectivity index (χ3n) is 3.27. The lowest BCUT2D eigenvalue weighted by molar-refractivity contribution is 0.253. The van der Waals surface area contributed by atoms with Gasteiger partial charge in [0.05, 0.1) is 6.20 Å². The zero-order valence-electron chi connectivity index (χ0n) is 9.82. The summed E-state index contributed by atoms with van der Waals surface area (Å²) in [6, 6.07) is 0.630. The van der Waals surface area contributed by atoms with Crippen molar-refractivity contribution < 1.29 is 0 Å². The molecule has 1 saturated heterocycles. The van der Waals surface area contributed by atoms with Crippen LogP contribution in [0.4, 0.5) is 0 Å². The van der Waals surface area contributed by atoms with E-state index in [9.17, 15) is 0 Å². The summed E-state index contributed by atoms with van der Waals surface area (Å²) in [4.78, 5) is 2.61. The summed E-state index contributed by atoms with van der Waals surface area (Å²) < 4.78 is 1.91. The van der Waals surface area contributed by atoms with Crippen LogP contribution in [0.15, 0.2) is 12.4 Å². The fourth-order valence-electron chi connectivity index (χ4n) is 2.44. The van der Waals surface area contributed by atoms with Crippen molar-refractivity contribution in [3.63, 3.8) is 0 Å². The van der Waals surface area contributed by atoms with Crippen molar-refractivity contribution in [1.82, 2.24) is 14.7 Å². The topological polar surface area (TPSA) is 21.1 Å². The first-order chi connectivity index (χ1) is 7.31. The van der Waals surface area contributed by atoms with Crippen LogP contribution in [0.3, 0.4) is 0 Å². The first-order valence-corrected chi connectivity index (χ1v) is 6.04. The number of unbranched alkanes of at least 4 members (excludes halogenated alkanes) is 1. The molecule has 0 saturated carbocycles. The van der Waals surface area contributed by atoms with Gasteiger partial charge in [0.2, 0.25) is 0 Å². The van der Waals surface area contributed by atoms with E-state index in [4.69, 9.17) is 0 Å². The summed E-state index contributed by atoms with van der Waals surface area (Å²) in [6.07, 6.45) is 9.43. The van der Waals surface area contributed by atoms with Crippen LogP contribution in [0.5, 0.6) is 0 Å². The highest BCUT2D eigenvalue weighted by Crippen LogP contribution is 2.31. The lowest BCUT2D eigenvalue weighted by Crippen LogP contribution is -2.24. The van der Waals surface area contributed by atoms with Gasteiger partial charge in [0, 0.05) is 24.8 Å². The predicted octanol–water partition coefficient (Wildman–Crippen LogP) is 2.36. The van der Waals surface area contributed by atoms with E-state index >= 15 is 0 Å². The number of likely N-dealkylation sites (tertiary alicyclic amines) is 1. The Morgan fingerprint density at radius 2 is 2.40 bits per heavy atom. The molecule has 0 amide bonds. The van der Waals surface area contributed by atoms with Crippen LogP contribution in [0, 0.1) is 0 Å². The third kappa shape index (κ3) is 2.40. The Labute approximate surface area is 92.1 Å². The van der Waals surface area contributed by atoms with Crippen LogP contribution in [0.1, 0.15) is 44.2 Å². The molecule has 3 heteroatoms. The third-order valence-corrected chi connectivity index (χ3v) is 3.27. The first kappa shape index (κ1) is 10.7. The van der Waals surface area contributed by atoms with Crippen molar-refractivity contribution in [2.24, 2.45) is 7.05 Å². The minimum absolute atomic E-state index is 0.630. The maximum Gasteiger partial charge on any atom is 0.0537 e. The molecule has 1 aromatic heterocycles. The molecule has 1 aliphatic rings. The molecule has 15 heavy (non-hydrogen) atoms. The molecule has 2 rings (SSSR count). The van der Waals surface area contributed by atoms with E-state index in [0.29, 0.717) is 6.04 Å². The highest BCUT2D eigenvalue weighted by atomic mass is 15.3. The second-order valence-corrected chi connectivity index (χ2v) is 4.49. The maximum atomic E-state index is 4.27. The minimum atomic E-state index is 0.630. The lowest BCUT2D eigenvalue weighted by atomic mass is 10.1. The Kier molecular flexibility index (Phi) is 3.41. The van der Waals surface area contributed by atoms with E-state index in [2.05, 4.69) is 23.1 Å². The van der Waals surface area contributed by atoms with Gasteiger partial charge in [-0.05, 0) is 32.4 Å². The summed E-state index contributed by atoms with van der Waals surface area (Å²) in [5.74, 6) is 0. The predicted molar refractivity (Wildman–Crippen MR) is 61.7 cm³/mol. The van der Waals surface area contributed by atoms with Crippen LogP contribution in [0.25, 0.3) is 0 Å². The Morgan fingerprint density at radius 1 is 1.53 bits per heavy atom. The van der Waals surface area contributed by atoms with E-state index < -0.39 is 0 Å². The van der Waals surface area contributed by atoms with Crippen LogP contribution in [0.2, 0.25) is 0 Å². The highest BCUT2D eigenvalue weighted by molar-refractivity contribution is 5.12. The lowest BCUT2D eigenvalue weighted by Gasteiger charge is -2.23. The highest BCUT2D eigenvalue weighted by Gasteiger charge is 2.25. The van der Waals surface area contributed by atoms with Crippen LogP contribution in [-0.4, -0.2) is 27.8 Å². The molecule has 0 N–H and O–H groups in total. The van der Waals surface area contributed by atoms with Gasteiger partial charge in [-0.25, -0.2) is 0 Å². The van der Waals surface area contributed by atoms with Gasteiger partial charge in [0.25, 0.3) is 0 Å². The monoisotopic (exact) mass is 207 g/mol. The Bertz CT molecular complexity index is 306. The zero-order chi connectivity index (χ0) is 10.7. The summed E-state index contributed by atoms with van der Waals surface area (Å²) >= 11 is 0. The van der Waals surface area contributed by atoms with Crippen molar-refractivity contribution >= 4 is 0 Å². The maximum absolute atomic E-state index is 4.27. The molecule has 1 aromatic rings. The van der Waals surface area contributed by atoms with Crippen LogP contribution in [-0.2, 0) is 7.05 Å². The number of hydrogen-bond acceptors (Lipinski definition) is 2. The molecule has 84 valence electrons. The smallest absolute Gasteiger partial charge is 0.0537 e. The molecule has 1 fully saturated rings. The molecular weight excluding hydrogens is 186 g/mol. The van der Waals surface area contributed by atoms with Crippen molar-refractivity contribution in [3.8, 4) is 0 Å². The standard InChI is InChI=1S/C12H21N3/c1-3-4-7-15-8-5-6-12(15)11-9-13-14(2)10-11/h9-10,12H,3-8H2,1-2H3/t12-/m1/s1. The second-order valence-electron chi connectivity index (χ2n) is 4.49. The quantitative estimate of drug-likeness (QED) is 0.755.